The van der Waals surface area contributed by atoms with Crippen LogP contribution >= 0.6 is 0 Å². The predicted octanol–water partition coefficient (Wildman–Crippen LogP) is 2.81. The molecule has 0 aliphatic carbocycles. The van der Waals surface area contributed by atoms with E-state index in [9.17, 15) is 8.42 Å². The minimum atomic E-state index is -3.66. The largest absolute Gasteiger partial charge is 0.486 e. The normalized spacial score (nSPS) is 15.7. The first-order valence-corrected chi connectivity index (χ1v) is 10.5. The molecule has 0 fully saturated rings. The van der Waals surface area contributed by atoms with Gasteiger partial charge in [0, 0.05) is 31.8 Å². The number of benzene rings is 2. The molecule has 0 radical (unpaired) electrons. The Balaban J connectivity index is 1.53. The summed E-state index contributed by atoms with van der Waals surface area (Å²) in [7, 11) is -1.77. The van der Waals surface area contributed by atoms with Gasteiger partial charge in [-0.05, 0) is 31.5 Å². The Morgan fingerprint density at radius 1 is 1.19 bits per heavy atom. The van der Waals surface area contributed by atoms with Crippen molar-refractivity contribution in [2.75, 3.05) is 6.54 Å². The standard InChI is InChI=1S/C20H23N3O3S/c1-20(2)13-14-7-6-10-18(19(14)26-20)27(24,25)21-12-11-16-15-8-4-5-9-17(15)23(3)22-16/h4-10,21H,11-13H2,1-3H3. The number of aromatic nitrogens is 2. The van der Waals surface area contributed by atoms with Crippen LogP contribution in [0.25, 0.3) is 10.9 Å². The molecule has 0 saturated heterocycles. The van der Waals surface area contributed by atoms with E-state index in [1.165, 1.54) is 0 Å². The molecular formula is C20H23N3O3S. The van der Waals surface area contributed by atoms with Gasteiger partial charge < -0.3 is 4.74 Å². The Kier molecular flexibility index (Phi) is 4.24. The van der Waals surface area contributed by atoms with Crippen molar-refractivity contribution in [3.8, 4) is 5.75 Å². The lowest BCUT2D eigenvalue weighted by Gasteiger charge is -2.18. The quantitative estimate of drug-likeness (QED) is 0.733. The SMILES string of the molecule is Cn1nc(CCNS(=O)(=O)c2cccc3c2OC(C)(C)C3)c2ccccc21. The third-order valence-electron chi connectivity index (χ3n) is 4.83. The van der Waals surface area contributed by atoms with E-state index in [-0.39, 0.29) is 17.0 Å². The smallest absolute Gasteiger partial charge is 0.244 e. The van der Waals surface area contributed by atoms with Crippen molar-refractivity contribution in [3.05, 3.63) is 53.7 Å². The summed E-state index contributed by atoms with van der Waals surface area (Å²) < 4.78 is 36.1. The Morgan fingerprint density at radius 2 is 1.96 bits per heavy atom. The van der Waals surface area contributed by atoms with Crippen LogP contribution in [0.2, 0.25) is 0 Å². The van der Waals surface area contributed by atoms with E-state index in [1.54, 1.807) is 12.1 Å². The first-order chi connectivity index (χ1) is 12.8. The molecule has 27 heavy (non-hydrogen) atoms. The van der Waals surface area contributed by atoms with Crippen LogP contribution in [0.5, 0.6) is 5.75 Å². The van der Waals surface area contributed by atoms with Crippen molar-refractivity contribution < 1.29 is 13.2 Å². The number of nitrogens with one attached hydrogen (secondary N) is 1. The topological polar surface area (TPSA) is 73.2 Å². The molecule has 7 heteroatoms. The number of aryl methyl sites for hydroxylation is 1. The van der Waals surface area contributed by atoms with E-state index in [1.807, 2.05) is 55.9 Å². The monoisotopic (exact) mass is 385 g/mol. The number of hydrogen-bond donors (Lipinski definition) is 1. The maximum absolute atomic E-state index is 12.8. The molecule has 0 bridgehead atoms. The lowest BCUT2D eigenvalue weighted by Crippen LogP contribution is -2.28. The summed E-state index contributed by atoms with van der Waals surface area (Å²) in [5, 5.41) is 5.56. The van der Waals surface area contributed by atoms with Crippen molar-refractivity contribution in [1.29, 1.82) is 0 Å². The molecule has 2 heterocycles. The lowest BCUT2D eigenvalue weighted by atomic mass is 10.0. The van der Waals surface area contributed by atoms with Crippen LogP contribution < -0.4 is 9.46 Å². The highest BCUT2D eigenvalue weighted by Crippen LogP contribution is 2.39. The van der Waals surface area contributed by atoms with Crippen molar-refractivity contribution in [1.82, 2.24) is 14.5 Å². The lowest BCUT2D eigenvalue weighted by molar-refractivity contribution is 0.135. The van der Waals surface area contributed by atoms with Gasteiger partial charge in [-0.2, -0.15) is 5.10 Å². The average molecular weight is 385 g/mol. The van der Waals surface area contributed by atoms with E-state index in [0.29, 0.717) is 18.6 Å². The van der Waals surface area contributed by atoms with E-state index in [0.717, 1.165) is 22.2 Å². The van der Waals surface area contributed by atoms with Gasteiger partial charge in [-0.1, -0.05) is 30.3 Å². The Morgan fingerprint density at radius 3 is 2.78 bits per heavy atom. The van der Waals surface area contributed by atoms with Crippen LogP contribution in [0.1, 0.15) is 25.1 Å². The van der Waals surface area contributed by atoms with Gasteiger partial charge in [0.15, 0.2) is 0 Å². The third-order valence-corrected chi connectivity index (χ3v) is 6.32. The Bertz CT molecular complexity index is 1120. The Hall–Kier alpha value is -2.38. The first kappa shape index (κ1) is 18.0. The predicted molar refractivity (Wildman–Crippen MR) is 104 cm³/mol. The van der Waals surface area contributed by atoms with E-state index >= 15 is 0 Å². The first-order valence-electron chi connectivity index (χ1n) is 8.98. The summed E-state index contributed by atoms with van der Waals surface area (Å²) >= 11 is 0. The summed E-state index contributed by atoms with van der Waals surface area (Å²) in [4.78, 5) is 0.205. The number of rotatable bonds is 5. The highest BCUT2D eigenvalue weighted by Gasteiger charge is 2.34. The van der Waals surface area contributed by atoms with Gasteiger partial charge in [0.2, 0.25) is 10.0 Å². The minimum absolute atomic E-state index is 0.205. The second-order valence-corrected chi connectivity index (χ2v) is 9.25. The Labute approximate surface area is 159 Å². The number of sulfonamides is 1. The zero-order valence-electron chi connectivity index (χ0n) is 15.7. The highest BCUT2D eigenvalue weighted by atomic mass is 32.2. The van der Waals surface area contributed by atoms with E-state index in [4.69, 9.17) is 4.74 Å². The molecule has 142 valence electrons. The highest BCUT2D eigenvalue weighted by molar-refractivity contribution is 7.89. The van der Waals surface area contributed by atoms with Crippen molar-refractivity contribution in [3.63, 3.8) is 0 Å². The summed E-state index contributed by atoms with van der Waals surface area (Å²) in [6.45, 7) is 4.20. The third kappa shape index (κ3) is 3.33. The minimum Gasteiger partial charge on any atom is -0.486 e. The molecule has 4 rings (SSSR count). The van der Waals surface area contributed by atoms with Crippen molar-refractivity contribution in [2.24, 2.45) is 7.05 Å². The van der Waals surface area contributed by atoms with E-state index < -0.39 is 10.0 Å². The summed E-state index contributed by atoms with van der Waals surface area (Å²) in [6, 6.07) is 13.2. The molecule has 2 aromatic carbocycles. The molecule has 1 aliphatic heterocycles. The van der Waals surface area contributed by atoms with Crippen molar-refractivity contribution >= 4 is 20.9 Å². The maximum Gasteiger partial charge on any atom is 0.244 e. The number of hydrogen-bond acceptors (Lipinski definition) is 4. The molecule has 0 spiro atoms. The van der Waals surface area contributed by atoms with Crippen LogP contribution in [0.15, 0.2) is 47.4 Å². The van der Waals surface area contributed by atoms with Gasteiger partial charge in [-0.25, -0.2) is 13.1 Å². The number of ether oxygens (including phenoxy) is 1. The second kappa shape index (κ2) is 6.35. The fourth-order valence-corrected chi connectivity index (χ4v) is 4.85. The molecule has 0 amide bonds. The fraction of sp³-hybridized carbons (Fsp3) is 0.350. The molecule has 0 atom stereocenters. The van der Waals surface area contributed by atoms with Gasteiger partial charge in [0.05, 0.1) is 11.2 Å². The van der Waals surface area contributed by atoms with Crippen LogP contribution in [-0.4, -0.2) is 30.3 Å². The molecule has 1 N–H and O–H groups in total. The average Bonchev–Trinajstić information content (AvgIpc) is 3.10. The fourth-order valence-electron chi connectivity index (χ4n) is 3.65. The molecule has 3 aromatic rings. The van der Waals surface area contributed by atoms with Crippen LogP contribution in [0.3, 0.4) is 0 Å². The molecule has 0 unspecified atom stereocenters. The van der Waals surface area contributed by atoms with Crippen LogP contribution in [0.4, 0.5) is 0 Å². The van der Waals surface area contributed by atoms with Gasteiger partial charge in [0.1, 0.15) is 16.2 Å². The number of fused-ring (bicyclic) bond motifs is 2. The summed E-state index contributed by atoms with van der Waals surface area (Å²) in [5.41, 5.74) is 2.46. The maximum atomic E-state index is 12.8. The zero-order valence-corrected chi connectivity index (χ0v) is 16.5. The molecule has 0 saturated carbocycles. The van der Waals surface area contributed by atoms with E-state index in [2.05, 4.69) is 9.82 Å². The molecule has 6 nitrogen and oxygen atoms in total. The van der Waals surface area contributed by atoms with Crippen LogP contribution in [-0.2, 0) is 29.9 Å². The van der Waals surface area contributed by atoms with Crippen molar-refractivity contribution in [2.45, 2.75) is 37.2 Å². The van der Waals surface area contributed by atoms with Crippen LogP contribution in [0, 0.1) is 0 Å². The molecular weight excluding hydrogens is 362 g/mol. The molecule has 1 aromatic heterocycles. The second-order valence-electron chi connectivity index (χ2n) is 7.52. The summed E-state index contributed by atoms with van der Waals surface area (Å²) in [6.07, 6.45) is 1.22. The number of nitrogens with zero attached hydrogens (tertiary/aromatic N) is 2. The van der Waals surface area contributed by atoms with Gasteiger partial charge in [-0.15, -0.1) is 0 Å². The molecule has 1 aliphatic rings. The van der Waals surface area contributed by atoms with Gasteiger partial charge in [0.25, 0.3) is 0 Å². The summed E-state index contributed by atoms with van der Waals surface area (Å²) in [5.74, 6) is 0.471. The van der Waals surface area contributed by atoms with Gasteiger partial charge >= 0.3 is 0 Å². The number of para-hydroxylation sites is 2. The van der Waals surface area contributed by atoms with Gasteiger partial charge in [-0.3, -0.25) is 4.68 Å². The zero-order chi connectivity index (χ0) is 19.2.